The van der Waals surface area contributed by atoms with E-state index < -0.39 is 0 Å². The minimum Gasteiger partial charge on any atom is -0.380 e. The zero-order valence-corrected chi connectivity index (χ0v) is 25.3. The van der Waals surface area contributed by atoms with Crippen LogP contribution in [0.15, 0.2) is 57.3 Å². The summed E-state index contributed by atoms with van der Waals surface area (Å²) in [6.07, 6.45) is 6.62. The van der Waals surface area contributed by atoms with Crippen molar-refractivity contribution in [3.8, 4) is 0 Å². The van der Waals surface area contributed by atoms with Gasteiger partial charge < -0.3 is 19.9 Å². The van der Waals surface area contributed by atoms with E-state index in [1.54, 1.807) is 30.0 Å². The number of aryl methyl sites for hydroxylation is 1. The van der Waals surface area contributed by atoms with E-state index in [9.17, 15) is 14.4 Å². The predicted octanol–water partition coefficient (Wildman–Crippen LogP) is 4.81. The molecule has 1 saturated heterocycles. The normalized spacial score (nSPS) is 18.2. The van der Waals surface area contributed by atoms with Crippen molar-refractivity contribution in [1.82, 2.24) is 15.1 Å². The minimum atomic E-state index is -0.125. The number of hydrogen-bond donors (Lipinski definition) is 1. The number of aliphatic imine (C=N–C) groups is 1. The Bertz CT molecular complexity index is 1180. The molecule has 0 unspecified atom stereocenters. The van der Waals surface area contributed by atoms with E-state index in [4.69, 9.17) is 4.74 Å². The van der Waals surface area contributed by atoms with Crippen LogP contribution in [-0.2, 0) is 20.9 Å². The maximum absolute atomic E-state index is 13.7. The van der Waals surface area contributed by atoms with Crippen molar-refractivity contribution in [3.05, 3.63) is 64.1 Å². The summed E-state index contributed by atoms with van der Waals surface area (Å²) in [5.41, 5.74) is 3.23. The Morgan fingerprint density at radius 1 is 1.31 bits per heavy atom. The molecular formula is C28H36N4O4S3. The van der Waals surface area contributed by atoms with E-state index in [2.05, 4.69) is 16.9 Å². The van der Waals surface area contributed by atoms with Crippen LogP contribution in [0, 0.1) is 6.92 Å². The fraction of sp³-hybridized carbons (Fsp3) is 0.429. The molecule has 3 rings (SSSR count). The van der Waals surface area contributed by atoms with Crippen molar-refractivity contribution < 1.29 is 19.1 Å². The average molecular weight is 589 g/mol. The molecule has 0 aliphatic carbocycles. The summed E-state index contributed by atoms with van der Waals surface area (Å²) in [6, 6.07) is 3.77. The highest BCUT2D eigenvalue weighted by Gasteiger charge is 2.30. The molecular weight excluding hydrogens is 553 g/mol. The Balaban J connectivity index is 1.73. The number of nitrogens with zero attached hydrogens (tertiary/aromatic N) is 3. The van der Waals surface area contributed by atoms with E-state index in [1.807, 2.05) is 48.0 Å². The second-order valence-corrected chi connectivity index (χ2v) is 11.9. The lowest BCUT2D eigenvalue weighted by atomic mass is 10.0. The molecule has 1 aromatic carbocycles. The van der Waals surface area contributed by atoms with Gasteiger partial charge in [-0.2, -0.15) is 0 Å². The molecule has 0 saturated carbocycles. The van der Waals surface area contributed by atoms with Gasteiger partial charge in [0.1, 0.15) is 0 Å². The summed E-state index contributed by atoms with van der Waals surface area (Å²) in [5.74, 6) is 0.748. The maximum Gasteiger partial charge on any atom is 0.254 e. The summed E-state index contributed by atoms with van der Waals surface area (Å²) < 4.78 is 5.39. The van der Waals surface area contributed by atoms with Crippen LogP contribution >= 0.6 is 35.3 Å². The van der Waals surface area contributed by atoms with Gasteiger partial charge in [0, 0.05) is 55.0 Å². The zero-order valence-electron chi connectivity index (χ0n) is 22.9. The zero-order chi connectivity index (χ0) is 28.4. The molecule has 0 aromatic heterocycles. The number of amidine groups is 1. The fourth-order valence-corrected chi connectivity index (χ4v) is 6.25. The molecule has 1 aromatic rings. The van der Waals surface area contributed by atoms with Gasteiger partial charge in [0.15, 0.2) is 5.17 Å². The largest absolute Gasteiger partial charge is 0.380 e. The van der Waals surface area contributed by atoms with Crippen LogP contribution in [0.2, 0.25) is 0 Å². The van der Waals surface area contributed by atoms with Gasteiger partial charge in [-0.25, -0.2) is 4.99 Å². The molecule has 0 spiro atoms. The molecule has 2 aliphatic heterocycles. The summed E-state index contributed by atoms with van der Waals surface area (Å²) >= 11 is 4.50. The standard InChI is InChI=1S/C28H36N4O4S3/c1-6-25(33)31-10-11-32(20(3)16-31)27(35)23-15-24(19(2)14-22(23)17-36-4)39-13-9-29-28(37-5)30-26(34)21-8-7-12-38-18-21/h6,9,13-15,18,20H,1,7-8,10-12,16-17H2,2-5H3,(H,29,30,34)/b13-9+/t20-/m0/s1. The molecule has 210 valence electrons. The molecule has 1 atom stereocenters. The third kappa shape index (κ3) is 8.51. The van der Waals surface area contributed by atoms with Crippen molar-refractivity contribution >= 4 is 58.2 Å². The maximum atomic E-state index is 13.7. The SMILES string of the molecule is C=CC(=O)N1CCN(C(=O)c2cc(S/C=C/N=C(NC(=O)C3=CSCCC3)SC)c(C)cc2COC)[C@@H](C)C1. The van der Waals surface area contributed by atoms with Crippen LogP contribution in [0.4, 0.5) is 0 Å². The van der Waals surface area contributed by atoms with Crippen LogP contribution < -0.4 is 5.32 Å². The van der Waals surface area contributed by atoms with Gasteiger partial charge in [0.2, 0.25) is 5.91 Å². The van der Waals surface area contributed by atoms with Crippen LogP contribution in [0.3, 0.4) is 0 Å². The first-order valence-electron chi connectivity index (χ1n) is 12.7. The van der Waals surface area contributed by atoms with Crippen molar-refractivity contribution in [3.63, 3.8) is 0 Å². The van der Waals surface area contributed by atoms with Gasteiger partial charge >= 0.3 is 0 Å². The molecule has 1 fully saturated rings. The fourth-order valence-electron chi connectivity index (χ4n) is 4.34. The molecule has 11 heteroatoms. The number of thioether (sulfide) groups is 3. The van der Waals surface area contributed by atoms with E-state index >= 15 is 0 Å². The molecule has 0 bridgehead atoms. The number of methoxy groups -OCH3 is 1. The number of amides is 3. The van der Waals surface area contributed by atoms with E-state index in [0.717, 1.165) is 40.2 Å². The number of piperazine rings is 1. The number of carbonyl (C=O) groups is 3. The summed E-state index contributed by atoms with van der Waals surface area (Å²) in [7, 11) is 1.61. The lowest BCUT2D eigenvalue weighted by Crippen LogP contribution is -2.55. The Labute approximate surface area is 243 Å². The van der Waals surface area contributed by atoms with E-state index in [0.29, 0.717) is 37.0 Å². The van der Waals surface area contributed by atoms with E-state index in [1.165, 1.54) is 29.6 Å². The summed E-state index contributed by atoms with van der Waals surface area (Å²) in [5, 5.41) is 7.18. The molecule has 3 amide bonds. The van der Waals surface area contributed by atoms with Crippen molar-refractivity contribution in [2.75, 3.05) is 38.8 Å². The Hall–Kier alpha value is -2.47. The Kier molecular flexibility index (Phi) is 12.2. The van der Waals surface area contributed by atoms with Crippen LogP contribution in [0.1, 0.15) is 41.3 Å². The highest BCUT2D eigenvalue weighted by molar-refractivity contribution is 8.13. The molecule has 39 heavy (non-hydrogen) atoms. The van der Waals surface area contributed by atoms with Crippen LogP contribution in [0.25, 0.3) is 0 Å². The third-order valence-corrected chi connectivity index (χ3v) is 8.91. The molecule has 1 N–H and O–H groups in total. The third-order valence-electron chi connectivity index (χ3n) is 6.39. The topological polar surface area (TPSA) is 91.3 Å². The predicted molar refractivity (Wildman–Crippen MR) is 163 cm³/mol. The quantitative estimate of drug-likeness (QED) is 0.202. The molecule has 0 radical (unpaired) electrons. The first kappa shape index (κ1) is 31.1. The monoisotopic (exact) mass is 588 g/mol. The number of rotatable bonds is 8. The van der Waals surface area contributed by atoms with Gasteiger partial charge in [-0.1, -0.05) is 36.2 Å². The van der Waals surface area contributed by atoms with E-state index in [-0.39, 0.29) is 23.8 Å². The van der Waals surface area contributed by atoms with Gasteiger partial charge in [0.05, 0.1) is 6.61 Å². The van der Waals surface area contributed by atoms with Crippen molar-refractivity contribution in [1.29, 1.82) is 0 Å². The lowest BCUT2D eigenvalue weighted by Gasteiger charge is -2.39. The Morgan fingerprint density at radius 2 is 2.10 bits per heavy atom. The second kappa shape index (κ2) is 15.4. The van der Waals surface area contributed by atoms with Gasteiger partial charge in [-0.3, -0.25) is 14.4 Å². The highest BCUT2D eigenvalue weighted by atomic mass is 32.2. The van der Waals surface area contributed by atoms with Gasteiger partial charge in [0.25, 0.3) is 11.8 Å². The molecule has 8 nitrogen and oxygen atoms in total. The number of carbonyl (C=O) groups excluding carboxylic acids is 3. The molecule has 2 heterocycles. The summed E-state index contributed by atoms with van der Waals surface area (Å²) in [4.78, 5) is 47.1. The number of hydrogen-bond acceptors (Lipinski definition) is 8. The van der Waals surface area contributed by atoms with Crippen molar-refractivity contribution in [2.45, 2.75) is 44.2 Å². The first-order chi connectivity index (χ1) is 18.8. The van der Waals surface area contributed by atoms with Crippen LogP contribution in [0.5, 0.6) is 0 Å². The van der Waals surface area contributed by atoms with Gasteiger partial charge in [-0.05, 0) is 72.8 Å². The molecule has 2 aliphatic rings. The van der Waals surface area contributed by atoms with Crippen LogP contribution in [-0.4, -0.2) is 77.5 Å². The minimum absolute atomic E-state index is 0.0772. The highest BCUT2D eigenvalue weighted by Crippen LogP contribution is 2.29. The Morgan fingerprint density at radius 3 is 2.74 bits per heavy atom. The lowest BCUT2D eigenvalue weighted by molar-refractivity contribution is -0.128. The summed E-state index contributed by atoms with van der Waals surface area (Å²) in [6.45, 7) is 9.23. The number of ether oxygens (including phenoxy) is 1. The number of benzene rings is 1. The van der Waals surface area contributed by atoms with Gasteiger partial charge in [-0.15, -0.1) is 11.8 Å². The van der Waals surface area contributed by atoms with Crippen molar-refractivity contribution in [2.24, 2.45) is 4.99 Å². The second-order valence-electron chi connectivity index (χ2n) is 9.16. The first-order valence-corrected chi connectivity index (χ1v) is 15.8. The smallest absolute Gasteiger partial charge is 0.254 e. The number of nitrogens with one attached hydrogen (secondary N) is 1. The average Bonchev–Trinajstić information content (AvgIpc) is 2.95.